The fraction of sp³-hybridized carbons (Fsp3) is 0.640. The van der Waals surface area contributed by atoms with E-state index < -0.39 is 0 Å². The standard InChI is InChI=1S/C25H36N4O3/c1-19-7-9-22(10-8-19)24(31)28-17-13-27(14-18-28)23(21-5-3-4-6-21)25(32)29-15-11-26(12-16-29)20(2)30/h7-10,21,23H,3-6,11-18H2,1-2H3/t23-/m1/s1. The normalized spacial score (nSPS) is 21.6. The zero-order chi connectivity index (χ0) is 22.7. The predicted molar refractivity (Wildman–Crippen MR) is 123 cm³/mol. The Hall–Kier alpha value is -2.41. The summed E-state index contributed by atoms with van der Waals surface area (Å²) in [4.78, 5) is 46.2. The largest absolute Gasteiger partial charge is 0.339 e. The van der Waals surface area contributed by atoms with E-state index in [2.05, 4.69) is 4.90 Å². The Morgan fingerprint density at radius 3 is 1.88 bits per heavy atom. The molecule has 0 aromatic heterocycles. The van der Waals surface area contributed by atoms with Crippen molar-refractivity contribution in [3.05, 3.63) is 35.4 Å². The minimum atomic E-state index is -0.0991. The predicted octanol–water partition coefficient (Wildman–Crippen LogP) is 2.00. The van der Waals surface area contributed by atoms with E-state index in [1.54, 1.807) is 6.92 Å². The SMILES string of the molecule is CC(=O)N1CCN(C(=O)[C@@H](C2CCCC2)N2CCN(C(=O)c3ccc(C)cc3)CC2)CC1. The Bertz CT molecular complexity index is 818. The van der Waals surface area contributed by atoms with Crippen molar-refractivity contribution < 1.29 is 14.4 Å². The van der Waals surface area contributed by atoms with Crippen LogP contribution in [0.3, 0.4) is 0 Å². The number of amides is 3. The highest BCUT2D eigenvalue weighted by Crippen LogP contribution is 2.32. The molecule has 3 fully saturated rings. The second-order valence-electron chi connectivity index (χ2n) is 9.51. The van der Waals surface area contributed by atoms with Gasteiger partial charge < -0.3 is 14.7 Å². The monoisotopic (exact) mass is 440 g/mol. The molecular formula is C25H36N4O3. The van der Waals surface area contributed by atoms with Gasteiger partial charge in [0.05, 0.1) is 6.04 Å². The summed E-state index contributed by atoms with van der Waals surface area (Å²) in [6, 6.07) is 7.65. The van der Waals surface area contributed by atoms with Crippen LogP contribution in [-0.4, -0.2) is 95.7 Å². The van der Waals surface area contributed by atoms with Gasteiger partial charge in [-0.2, -0.15) is 0 Å². The molecule has 0 radical (unpaired) electrons. The average Bonchev–Trinajstić information content (AvgIpc) is 3.34. The molecular weight excluding hydrogens is 404 g/mol. The molecule has 0 N–H and O–H groups in total. The van der Waals surface area contributed by atoms with Gasteiger partial charge in [-0.25, -0.2) is 0 Å². The number of rotatable bonds is 4. The van der Waals surface area contributed by atoms with E-state index in [0.717, 1.165) is 37.1 Å². The molecule has 7 nitrogen and oxygen atoms in total. The molecule has 1 saturated carbocycles. The van der Waals surface area contributed by atoms with Crippen LogP contribution in [0.25, 0.3) is 0 Å². The maximum atomic E-state index is 13.6. The fourth-order valence-corrected chi connectivity index (χ4v) is 5.44. The van der Waals surface area contributed by atoms with Crippen LogP contribution >= 0.6 is 0 Å². The van der Waals surface area contributed by atoms with Gasteiger partial charge in [-0.3, -0.25) is 19.3 Å². The summed E-state index contributed by atoms with van der Waals surface area (Å²) in [6.45, 7) is 8.87. The van der Waals surface area contributed by atoms with Crippen LogP contribution in [0.5, 0.6) is 0 Å². The molecule has 2 saturated heterocycles. The van der Waals surface area contributed by atoms with Gasteiger partial charge >= 0.3 is 0 Å². The summed E-state index contributed by atoms with van der Waals surface area (Å²) in [6.07, 6.45) is 4.59. The number of nitrogens with zero attached hydrogens (tertiary/aromatic N) is 4. The van der Waals surface area contributed by atoms with Crippen molar-refractivity contribution >= 4 is 17.7 Å². The third-order valence-corrected chi connectivity index (χ3v) is 7.43. The van der Waals surface area contributed by atoms with Crippen LogP contribution in [0.15, 0.2) is 24.3 Å². The first kappa shape index (κ1) is 22.8. The van der Waals surface area contributed by atoms with Crippen LogP contribution in [0.1, 0.15) is 48.5 Å². The van der Waals surface area contributed by atoms with Gasteiger partial charge in [0.2, 0.25) is 11.8 Å². The summed E-state index contributed by atoms with van der Waals surface area (Å²) < 4.78 is 0. The van der Waals surface area contributed by atoms with Crippen LogP contribution < -0.4 is 0 Å². The Morgan fingerprint density at radius 1 is 0.781 bits per heavy atom. The number of aryl methyl sites for hydroxylation is 1. The summed E-state index contributed by atoms with van der Waals surface area (Å²) >= 11 is 0. The van der Waals surface area contributed by atoms with Crippen LogP contribution in [0, 0.1) is 12.8 Å². The summed E-state index contributed by atoms with van der Waals surface area (Å²) in [5.74, 6) is 0.777. The molecule has 32 heavy (non-hydrogen) atoms. The van der Waals surface area contributed by atoms with Gasteiger partial charge in [-0.15, -0.1) is 0 Å². The number of benzene rings is 1. The maximum Gasteiger partial charge on any atom is 0.253 e. The van der Waals surface area contributed by atoms with Gasteiger partial charge in [0, 0.05) is 64.8 Å². The lowest BCUT2D eigenvalue weighted by atomic mass is 9.94. The zero-order valence-corrected chi connectivity index (χ0v) is 19.5. The van der Waals surface area contributed by atoms with Crippen LogP contribution in [-0.2, 0) is 9.59 Å². The Balaban J connectivity index is 1.40. The third-order valence-electron chi connectivity index (χ3n) is 7.43. The van der Waals surface area contributed by atoms with Crippen molar-refractivity contribution in [2.75, 3.05) is 52.4 Å². The average molecular weight is 441 g/mol. The van der Waals surface area contributed by atoms with Crippen LogP contribution in [0.2, 0.25) is 0 Å². The van der Waals surface area contributed by atoms with Crippen LogP contribution in [0.4, 0.5) is 0 Å². The van der Waals surface area contributed by atoms with Gasteiger partial charge in [0.1, 0.15) is 0 Å². The van der Waals surface area contributed by atoms with E-state index >= 15 is 0 Å². The first-order chi connectivity index (χ1) is 15.4. The fourth-order valence-electron chi connectivity index (χ4n) is 5.44. The van der Waals surface area contributed by atoms with E-state index in [1.165, 1.54) is 12.8 Å². The van der Waals surface area contributed by atoms with Crippen molar-refractivity contribution in [2.45, 2.75) is 45.6 Å². The van der Waals surface area contributed by atoms with E-state index in [9.17, 15) is 14.4 Å². The molecule has 2 heterocycles. The molecule has 1 atom stereocenters. The van der Waals surface area contributed by atoms with E-state index in [0.29, 0.717) is 45.2 Å². The molecule has 4 rings (SSSR count). The molecule has 1 aromatic rings. The third kappa shape index (κ3) is 4.98. The molecule has 0 spiro atoms. The highest BCUT2D eigenvalue weighted by molar-refractivity contribution is 5.94. The molecule has 1 aliphatic carbocycles. The molecule has 3 amide bonds. The van der Waals surface area contributed by atoms with Gasteiger partial charge in [-0.05, 0) is 37.8 Å². The minimum absolute atomic E-state index is 0.0775. The second kappa shape index (κ2) is 10.0. The van der Waals surface area contributed by atoms with Crippen molar-refractivity contribution in [3.8, 4) is 0 Å². The summed E-state index contributed by atoms with van der Waals surface area (Å²) in [5, 5.41) is 0. The smallest absolute Gasteiger partial charge is 0.253 e. The lowest BCUT2D eigenvalue weighted by molar-refractivity contribution is -0.144. The van der Waals surface area contributed by atoms with Gasteiger partial charge in [0.15, 0.2) is 0 Å². The lowest BCUT2D eigenvalue weighted by Gasteiger charge is -2.44. The van der Waals surface area contributed by atoms with E-state index in [-0.39, 0.29) is 23.8 Å². The minimum Gasteiger partial charge on any atom is -0.339 e. The Labute approximate surface area is 191 Å². The number of piperazine rings is 2. The van der Waals surface area contributed by atoms with Crippen molar-refractivity contribution in [3.63, 3.8) is 0 Å². The quantitative estimate of drug-likeness (QED) is 0.719. The Morgan fingerprint density at radius 2 is 1.31 bits per heavy atom. The molecule has 7 heteroatoms. The summed E-state index contributed by atoms with van der Waals surface area (Å²) in [7, 11) is 0. The van der Waals surface area contributed by atoms with E-state index in [1.807, 2.05) is 45.9 Å². The first-order valence-electron chi connectivity index (χ1n) is 12.1. The molecule has 174 valence electrons. The Kier molecular flexibility index (Phi) is 7.13. The highest BCUT2D eigenvalue weighted by Gasteiger charge is 2.40. The second-order valence-corrected chi connectivity index (χ2v) is 9.51. The van der Waals surface area contributed by atoms with Crippen molar-refractivity contribution in [1.82, 2.24) is 19.6 Å². The molecule has 0 bridgehead atoms. The zero-order valence-electron chi connectivity index (χ0n) is 19.5. The van der Waals surface area contributed by atoms with Gasteiger partial charge in [-0.1, -0.05) is 30.5 Å². The maximum absolute atomic E-state index is 13.6. The van der Waals surface area contributed by atoms with E-state index in [4.69, 9.17) is 0 Å². The van der Waals surface area contributed by atoms with Gasteiger partial charge in [0.25, 0.3) is 5.91 Å². The number of carbonyl (C=O) groups is 3. The molecule has 1 aromatic carbocycles. The molecule has 3 aliphatic rings. The summed E-state index contributed by atoms with van der Waals surface area (Å²) in [5.41, 5.74) is 1.88. The molecule has 2 aliphatic heterocycles. The topological polar surface area (TPSA) is 64.2 Å². The van der Waals surface area contributed by atoms with Crippen molar-refractivity contribution in [2.24, 2.45) is 5.92 Å². The number of hydrogen-bond acceptors (Lipinski definition) is 4. The lowest BCUT2D eigenvalue weighted by Crippen LogP contribution is -2.60. The molecule has 0 unspecified atom stereocenters. The van der Waals surface area contributed by atoms with Crippen molar-refractivity contribution in [1.29, 1.82) is 0 Å². The number of hydrogen-bond donors (Lipinski definition) is 0. The number of carbonyl (C=O) groups excluding carboxylic acids is 3. The first-order valence-corrected chi connectivity index (χ1v) is 12.1. The highest BCUT2D eigenvalue weighted by atomic mass is 16.2.